The van der Waals surface area contributed by atoms with E-state index in [2.05, 4.69) is 10.6 Å². The largest absolute Gasteiger partial charge is 0.383 e. The van der Waals surface area contributed by atoms with Gasteiger partial charge in [-0.1, -0.05) is 18.2 Å². The van der Waals surface area contributed by atoms with Crippen LogP contribution in [0.5, 0.6) is 0 Å². The average Bonchev–Trinajstić information content (AvgIpc) is 3.03. The van der Waals surface area contributed by atoms with Gasteiger partial charge in [-0.05, 0) is 12.1 Å². The maximum Gasteiger partial charge on any atom is 0.262 e. The Balaban J connectivity index is 2.26. The van der Waals surface area contributed by atoms with Gasteiger partial charge in [0.25, 0.3) is 5.91 Å². The molecule has 8 heteroatoms. The first-order chi connectivity index (χ1) is 13.6. The SMILES string of the molecule is COCCNC(=O)Cn1cc(C=C(C#N)C(=O)NCCOC)c2ccccc21. The molecule has 2 N–H and O–H groups in total. The molecule has 0 unspecified atom stereocenters. The van der Waals surface area contributed by atoms with Crippen molar-refractivity contribution in [3.63, 3.8) is 0 Å². The van der Waals surface area contributed by atoms with Crippen molar-refractivity contribution >= 4 is 28.8 Å². The van der Waals surface area contributed by atoms with Gasteiger partial charge in [0.2, 0.25) is 5.91 Å². The van der Waals surface area contributed by atoms with E-state index < -0.39 is 5.91 Å². The molecule has 0 spiro atoms. The first-order valence-electron chi connectivity index (χ1n) is 8.83. The molecule has 0 atom stereocenters. The number of nitrogens with one attached hydrogen (secondary N) is 2. The third-order valence-electron chi connectivity index (χ3n) is 4.02. The minimum absolute atomic E-state index is 0.0106. The summed E-state index contributed by atoms with van der Waals surface area (Å²) in [5.41, 5.74) is 1.52. The number of benzene rings is 1. The van der Waals surface area contributed by atoms with Gasteiger partial charge in [0.05, 0.1) is 13.2 Å². The number of rotatable bonds is 10. The molecule has 2 amide bonds. The van der Waals surface area contributed by atoms with Gasteiger partial charge < -0.3 is 24.7 Å². The monoisotopic (exact) mass is 384 g/mol. The van der Waals surface area contributed by atoms with Gasteiger partial charge in [0, 0.05) is 50.0 Å². The molecule has 148 valence electrons. The highest BCUT2D eigenvalue weighted by Gasteiger charge is 2.13. The van der Waals surface area contributed by atoms with Crippen molar-refractivity contribution in [2.45, 2.75) is 6.54 Å². The molecule has 0 radical (unpaired) electrons. The van der Waals surface area contributed by atoms with E-state index in [9.17, 15) is 14.9 Å². The molecule has 2 rings (SSSR count). The van der Waals surface area contributed by atoms with Crippen molar-refractivity contribution in [1.82, 2.24) is 15.2 Å². The van der Waals surface area contributed by atoms with Gasteiger partial charge in [-0.15, -0.1) is 0 Å². The molecule has 0 bridgehead atoms. The number of hydrogen-bond acceptors (Lipinski definition) is 5. The van der Waals surface area contributed by atoms with E-state index in [1.54, 1.807) is 17.9 Å². The van der Waals surface area contributed by atoms with Crippen LogP contribution in [0.4, 0.5) is 0 Å². The van der Waals surface area contributed by atoms with Crippen molar-refractivity contribution in [2.24, 2.45) is 0 Å². The van der Waals surface area contributed by atoms with Crippen LogP contribution >= 0.6 is 0 Å². The predicted molar refractivity (Wildman–Crippen MR) is 105 cm³/mol. The second-order valence-electron chi connectivity index (χ2n) is 5.99. The highest BCUT2D eigenvalue weighted by atomic mass is 16.5. The summed E-state index contributed by atoms with van der Waals surface area (Å²) in [4.78, 5) is 24.3. The lowest BCUT2D eigenvalue weighted by Gasteiger charge is -2.06. The van der Waals surface area contributed by atoms with E-state index in [4.69, 9.17) is 9.47 Å². The standard InChI is InChI=1S/C20H24N4O4/c1-27-9-7-22-19(25)14-24-13-16(17-5-3-4-6-18(17)24)11-15(12-21)20(26)23-8-10-28-2/h3-6,11,13H,7-10,14H2,1-2H3,(H,22,25)(H,23,26). The van der Waals surface area contributed by atoms with Crippen LogP contribution in [0.2, 0.25) is 0 Å². The molecule has 8 nitrogen and oxygen atoms in total. The van der Waals surface area contributed by atoms with Crippen molar-refractivity contribution in [1.29, 1.82) is 5.26 Å². The number of ether oxygens (including phenoxy) is 2. The van der Waals surface area contributed by atoms with Crippen LogP contribution in [0.1, 0.15) is 5.56 Å². The summed E-state index contributed by atoms with van der Waals surface area (Å²) < 4.78 is 11.6. The summed E-state index contributed by atoms with van der Waals surface area (Å²) in [7, 11) is 3.11. The Morgan fingerprint density at radius 3 is 2.50 bits per heavy atom. The molecule has 28 heavy (non-hydrogen) atoms. The lowest BCUT2D eigenvalue weighted by molar-refractivity contribution is -0.121. The number of fused-ring (bicyclic) bond motifs is 1. The first-order valence-corrected chi connectivity index (χ1v) is 8.83. The van der Waals surface area contributed by atoms with Crippen LogP contribution in [-0.4, -0.2) is 56.9 Å². The van der Waals surface area contributed by atoms with Gasteiger partial charge >= 0.3 is 0 Å². The van der Waals surface area contributed by atoms with E-state index in [0.717, 1.165) is 10.9 Å². The Hall–Kier alpha value is -3.15. The minimum atomic E-state index is -0.464. The Morgan fingerprint density at radius 2 is 1.82 bits per heavy atom. The predicted octanol–water partition coefficient (Wildman–Crippen LogP) is 1.07. The van der Waals surface area contributed by atoms with E-state index in [1.807, 2.05) is 30.3 Å². The zero-order chi connectivity index (χ0) is 20.4. The van der Waals surface area contributed by atoms with Gasteiger partial charge in [0.15, 0.2) is 0 Å². The van der Waals surface area contributed by atoms with Crippen LogP contribution in [0, 0.1) is 11.3 Å². The summed E-state index contributed by atoms with van der Waals surface area (Å²) >= 11 is 0. The minimum Gasteiger partial charge on any atom is -0.383 e. The molecule has 1 aromatic carbocycles. The van der Waals surface area contributed by atoms with Crippen LogP contribution in [0.25, 0.3) is 17.0 Å². The Bertz CT molecular complexity index is 895. The van der Waals surface area contributed by atoms with Crippen LogP contribution < -0.4 is 10.6 Å². The number of para-hydroxylation sites is 1. The number of amides is 2. The topological polar surface area (TPSA) is 105 Å². The second kappa shape index (κ2) is 10.9. The van der Waals surface area contributed by atoms with Gasteiger partial charge in [-0.2, -0.15) is 5.26 Å². The van der Waals surface area contributed by atoms with Crippen LogP contribution in [-0.2, 0) is 25.6 Å². The van der Waals surface area contributed by atoms with Crippen molar-refractivity contribution in [2.75, 3.05) is 40.5 Å². The van der Waals surface area contributed by atoms with Crippen molar-refractivity contribution < 1.29 is 19.1 Å². The molecule has 0 aliphatic carbocycles. The molecular weight excluding hydrogens is 360 g/mol. The molecule has 0 aliphatic heterocycles. The fourth-order valence-corrected chi connectivity index (χ4v) is 2.69. The maximum absolute atomic E-state index is 12.2. The normalized spacial score (nSPS) is 11.2. The quantitative estimate of drug-likeness (QED) is 0.362. The summed E-state index contributed by atoms with van der Waals surface area (Å²) in [6.45, 7) is 1.68. The number of nitriles is 1. The number of nitrogens with zero attached hydrogens (tertiary/aromatic N) is 2. The summed E-state index contributed by atoms with van der Waals surface area (Å²) in [6, 6.07) is 9.45. The molecule has 0 saturated heterocycles. The molecule has 2 aromatic rings. The summed E-state index contributed by atoms with van der Waals surface area (Å²) in [6.07, 6.45) is 3.30. The molecule has 0 aliphatic rings. The zero-order valence-electron chi connectivity index (χ0n) is 16.0. The second-order valence-corrected chi connectivity index (χ2v) is 5.99. The van der Waals surface area contributed by atoms with E-state index in [0.29, 0.717) is 31.9 Å². The molecule has 1 aromatic heterocycles. The smallest absolute Gasteiger partial charge is 0.262 e. The van der Waals surface area contributed by atoms with E-state index in [-0.39, 0.29) is 18.0 Å². The average molecular weight is 384 g/mol. The van der Waals surface area contributed by atoms with E-state index in [1.165, 1.54) is 13.2 Å². The lowest BCUT2D eigenvalue weighted by atomic mass is 10.1. The van der Waals surface area contributed by atoms with Gasteiger partial charge in [-0.25, -0.2) is 0 Å². The molecule has 1 heterocycles. The lowest BCUT2D eigenvalue weighted by Crippen LogP contribution is -2.30. The Labute approximate surface area is 163 Å². The fourth-order valence-electron chi connectivity index (χ4n) is 2.69. The maximum atomic E-state index is 12.2. The number of methoxy groups -OCH3 is 2. The highest BCUT2D eigenvalue weighted by molar-refractivity contribution is 6.04. The fraction of sp³-hybridized carbons (Fsp3) is 0.350. The van der Waals surface area contributed by atoms with Crippen LogP contribution in [0.15, 0.2) is 36.0 Å². The summed E-state index contributed by atoms with van der Waals surface area (Å²) in [5.74, 6) is -0.611. The highest BCUT2D eigenvalue weighted by Crippen LogP contribution is 2.23. The number of hydrogen-bond donors (Lipinski definition) is 2. The number of aromatic nitrogens is 1. The van der Waals surface area contributed by atoms with Crippen molar-refractivity contribution in [3.05, 3.63) is 41.6 Å². The number of carbonyl (C=O) groups is 2. The van der Waals surface area contributed by atoms with Crippen molar-refractivity contribution in [3.8, 4) is 6.07 Å². The third kappa shape index (κ3) is 5.67. The molecule has 0 fully saturated rings. The van der Waals surface area contributed by atoms with E-state index >= 15 is 0 Å². The van der Waals surface area contributed by atoms with Crippen LogP contribution in [0.3, 0.4) is 0 Å². The van der Waals surface area contributed by atoms with Gasteiger partial charge in [0.1, 0.15) is 18.2 Å². The first kappa shape index (κ1) is 21.2. The number of carbonyl (C=O) groups excluding carboxylic acids is 2. The molecular formula is C20H24N4O4. The zero-order valence-corrected chi connectivity index (χ0v) is 16.0. The third-order valence-corrected chi connectivity index (χ3v) is 4.02. The summed E-state index contributed by atoms with van der Waals surface area (Å²) in [5, 5.41) is 15.6. The van der Waals surface area contributed by atoms with Gasteiger partial charge in [-0.3, -0.25) is 9.59 Å². The Morgan fingerprint density at radius 1 is 1.14 bits per heavy atom. The Kier molecular flexibility index (Phi) is 8.21. The molecule has 0 saturated carbocycles.